The third-order valence-electron chi connectivity index (χ3n) is 1.43. The molecule has 1 aromatic heterocycles. The van der Waals surface area contributed by atoms with Crippen LogP contribution in [-0.2, 0) is 9.53 Å². The van der Waals surface area contributed by atoms with Crippen molar-refractivity contribution in [3.8, 4) is 0 Å². The van der Waals surface area contributed by atoms with Crippen molar-refractivity contribution in [1.29, 1.82) is 0 Å². The first kappa shape index (κ1) is 14.9. The number of hydrogen-bond acceptors (Lipinski definition) is 4. The molecule has 1 aromatic rings. The van der Waals surface area contributed by atoms with Crippen molar-refractivity contribution in [2.45, 2.75) is 6.18 Å². The summed E-state index contributed by atoms with van der Waals surface area (Å²) in [6.45, 7) is -2.27. The average Bonchev–Trinajstić information content (AvgIpc) is 2.12. The fraction of sp³-hybridized carbons (Fsp3) is 0.375. The molecule has 10 heteroatoms. The molecule has 0 bridgehead atoms. The molecule has 0 atom stereocenters. The highest BCUT2D eigenvalue weighted by Gasteiger charge is 2.27. The predicted molar refractivity (Wildman–Crippen MR) is 57.6 cm³/mol. The van der Waals surface area contributed by atoms with E-state index in [0.717, 1.165) is 0 Å². The zero-order valence-corrected chi connectivity index (χ0v) is 10.1. The Morgan fingerprint density at radius 3 is 2.61 bits per heavy atom. The number of halogens is 5. The fourth-order valence-electron chi connectivity index (χ4n) is 0.892. The van der Waals surface area contributed by atoms with Gasteiger partial charge in [-0.2, -0.15) is 13.2 Å². The number of alkyl halides is 3. The fourth-order valence-corrected chi connectivity index (χ4v) is 1.30. The molecule has 0 aliphatic carbocycles. The summed E-state index contributed by atoms with van der Waals surface area (Å²) in [5.41, 5.74) is 0. The molecular weight excluding hydrogens is 298 g/mol. The van der Waals surface area contributed by atoms with E-state index in [1.165, 1.54) is 6.07 Å². The lowest BCUT2D eigenvalue weighted by Crippen LogP contribution is -2.24. The molecule has 5 nitrogen and oxygen atoms in total. The van der Waals surface area contributed by atoms with Gasteiger partial charge in [-0.1, -0.05) is 11.6 Å². The molecule has 0 fully saturated rings. The van der Waals surface area contributed by atoms with Crippen LogP contribution in [-0.4, -0.2) is 35.3 Å². The van der Waals surface area contributed by atoms with E-state index >= 15 is 0 Å². The van der Waals surface area contributed by atoms with E-state index in [4.69, 9.17) is 23.2 Å². The van der Waals surface area contributed by atoms with E-state index in [1.807, 2.05) is 0 Å². The van der Waals surface area contributed by atoms with Crippen LogP contribution in [0.15, 0.2) is 6.07 Å². The number of hydrogen-bond donors (Lipinski definition) is 1. The summed E-state index contributed by atoms with van der Waals surface area (Å²) in [6.07, 6.45) is -4.48. The minimum absolute atomic E-state index is 0.0125. The maximum absolute atomic E-state index is 11.7. The quantitative estimate of drug-likeness (QED) is 0.685. The normalized spacial score (nSPS) is 11.4. The van der Waals surface area contributed by atoms with Crippen LogP contribution in [0.2, 0.25) is 10.4 Å². The Bertz CT molecular complexity index is 422. The Labute approximate surface area is 109 Å². The van der Waals surface area contributed by atoms with Crippen molar-refractivity contribution >= 4 is 34.9 Å². The number of carbonyl (C=O) groups excluding carboxylic acids is 1. The van der Waals surface area contributed by atoms with E-state index in [-0.39, 0.29) is 16.3 Å². The van der Waals surface area contributed by atoms with Gasteiger partial charge < -0.3 is 10.1 Å². The highest BCUT2D eigenvalue weighted by molar-refractivity contribution is 6.32. The molecule has 100 valence electrons. The number of aromatic nitrogens is 2. The second-order valence-corrected chi connectivity index (χ2v) is 3.73. The predicted octanol–water partition coefficient (Wildman–Crippen LogP) is 2.30. The SMILES string of the molecule is O=C(COCC(F)(F)F)Nc1cc(Cl)nc(Cl)n1. The molecule has 1 heterocycles. The summed E-state index contributed by atoms with van der Waals surface area (Å²) in [5.74, 6) is -0.842. The first-order valence-corrected chi connectivity index (χ1v) is 5.16. The van der Waals surface area contributed by atoms with Gasteiger partial charge >= 0.3 is 6.18 Å². The highest BCUT2D eigenvalue weighted by Crippen LogP contribution is 2.15. The van der Waals surface area contributed by atoms with Gasteiger partial charge in [0.25, 0.3) is 5.91 Å². The van der Waals surface area contributed by atoms with Crippen LogP contribution in [0, 0.1) is 0 Å². The van der Waals surface area contributed by atoms with Crippen molar-refractivity contribution in [2.75, 3.05) is 18.5 Å². The molecule has 0 aromatic carbocycles. The number of nitrogens with zero attached hydrogens (tertiary/aromatic N) is 2. The Kier molecular flexibility index (Phi) is 5.12. The number of rotatable bonds is 4. The number of nitrogens with one attached hydrogen (secondary N) is 1. The van der Waals surface area contributed by atoms with Gasteiger partial charge in [-0.05, 0) is 11.6 Å². The lowest BCUT2D eigenvalue weighted by atomic mass is 10.5. The summed E-state index contributed by atoms with van der Waals surface area (Å²) >= 11 is 11.0. The van der Waals surface area contributed by atoms with Crippen LogP contribution in [0.25, 0.3) is 0 Å². The highest BCUT2D eigenvalue weighted by atomic mass is 35.5. The molecule has 0 saturated carbocycles. The first-order valence-electron chi connectivity index (χ1n) is 4.41. The van der Waals surface area contributed by atoms with Gasteiger partial charge in [0.05, 0.1) is 0 Å². The largest absolute Gasteiger partial charge is 0.411 e. The molecule has 0 saturated heterocycles. The molecule has 18 heavy (non-hydrogen) atoms. The zero-order valence-electron chi connectivity index (χ0n) is 8.59. The molecular formula is C8H6Cl2F3N3O2. The van der Waals surface area contributed by atoms with Gasteiger partial charge in [-0.3, -0.25) is 4.79 Å². The molecule has 1 amide bonds. The zero-order chi connectivity index (χ0) is 13.8. The van der Waals surface area contributed by atoms with E-state index in [0.29, 0.717) is 0 Å². The van der Waals surface area contributed by atoms with Crippen LogP contribution < -0.4 is 5.32 Å². The minimum Gasteiger partial charge on any atom is -0.362 e. The van der Waals surface area contributed by atoms with Crippen LogP contribution in [0.4, 0.5) is 19.0 Å². The van der Waals surface area contributed by atoms with Gasteiger partial charge in [-0.25, -0.2) is 9.97 Å². The van der Waals surface area contributed by atoms with Gasteiger partial charge in [0.2, 0.25) is 5.28 Å². The summed E-state index contributed by atoms with van der Waals surface area (Å²) < 4.78 is 39.3. The average molecular weight is 304 g/mol. The van der Waals surface area contributed by atoms with E-state index in [9.17, 15) is 18.0 Å². The van der Waals surface area contributed by atoms with Gasteiger partial charge in [0.1, 0.15) is 24.2 Å². The molecule has 0 aliphatic rings. The molecule has 0 aliphatic heterocycles. The van der Waals surface area contributed by atoms with Gasteiger partial charge in [0.15, 0.2) is 0 Å². The lowest BCUT2D eigenvalue weighted by molar-refractivity contribution is -0.174. The Balaban J connectivity index is 2.45. The van der Waals surface area contributed by atoms with E-state index in [2.05, 4.69) is 20.0 Å². The maximum Gasteiger partial charge on any atom is 0.411 e. The smallest absolute Gasteiger partial charge is 0.362 e. The molecule has 1 rings (SSSR count). The summed E-state index contributed by atoms with van der Waals surface area (Å²) in [4.78, 5) is 18.3. The molecule has 0 radical (unpaired) electrons. The van der Waals surface area contributed by atoms with Crippen LogP contribution >= 0.6 is 23.2 Å². The van der Waals surface area contributed by atoms with E-state index < -0.39 is 25.3 Å². The summed E-state index contributed by atoms with van der Waals surface area (Å²) in [6, 6.07) is 1.19. The van der Waals surface area contributed by atoms with Crippen LogP contribution in [0.3, 0.4) is 0 Å². The second-order valence-electron chi connectivity index (χ2n) is 3.00. The van der Waals surface area contributed by atoms with Crippen molar-refractivity contribution in [3.05, 3.63) is 16.5 Å². The summed E-state index contributed by atoms with van der Waals surface area (Å²) in [5, 5.41) is 1.95. The van der Waals surface area contributed by atoms with Gasteiger partial charge in [0, 0.05) is 6.07 Å². The Morgan fingerprint density at radius 2 is 2.06 bits per heavy atom. The monoisotopic (exact) mass is 303 g/mol. The van der Waals surface area contributed by atoms with Crippen molar-refractivity contribution in [2.24, 2.45) is 0 Å². The van der Waals surface area contributed by atoms with E-state index in [1.54, 1.807) is 0 Å². The molecule has 1 N–H and O–H groups in total. The number of carbonyl (C=O) groups is 1. The lowest BCUT2D eigenvalue weighted by Gasteiger charge is -2.08. The Hall–Kier alpha value is -1.12. The molecule has 0 unspecified atom stereocenters. The summed E-state index contributed by atoms with van der Waals surface area (Å²) in [7, 11) is 0. The third-order valence-corrected chi connectivity index (χ3v) is 1.80. The maximum atomic E-state index is 11.7. The number of anilines is 1. The van der Waals surface area contributed by atoms with Crippen LogP contribution in [0.1, 0.15) is 0 Å². The number of ether oxygens (including phenoxy) is 1. The minimum atomic E-state index is -4.48. The van der Waals surface area contributed by atoms with Crippen LogP contribution in [0.5, 0.6) is 0 Å². The third kappa shape index (κ3) is 5.99. The van der Waals surface area contributed by atoms with Crippen molar-refractivity contribution in [3.63, 3.8) is 0 Å². The van der Waals surface area contributed by atoms with Crippen molar-refractivity contribution in [1.82, 2.24) is 9.97 Å². The topological polar surface area (TPSA) is 64.1 Å². The standard InChI is InChI=1S/C8H6Cl2F3N3O2/c9-4-1-5(16-7(10)14-4)15-6(17)2-18-3-8(11,12)13/h1H,2-3H2,(H,14,15,16,17). The van der Waals surface area contributed by atoms with Gasteiger partial charge in [-0.15, -0.1) is 0 Å². The number of amides is 1. The molecule has 0 spiro atoms. The second kappa shape index (κ2) is 6.17. The first-order chi connectivity index (χ1) is 8.26. The Morgan fingerprint density at radius 1 is 1.39 bits per heavy atom. The van der Waals surface area contributed by atoms with Crippen molar-refractivity contribution < 1.29 is 22.7 Å².